The molecule has 0 aliphatic carbocycles. The van der Waals surface area contributed by atoms with Crippen molar-refractivity contribution in [3.8, 4) is 0 Å². The molecule has 0 radical (unpaired) electrons. The second kappa shape index (κ2) is 10.1. The van der Waals surface area contributed by atoms with E-state index in [-0.39, 0.29) is 29.9 Å². The number of nitrogens with zero attached hydrogens (tertiary/aromatic N) is 3. The molecule has 3 saturated heterocycles. The summed E-state index contributed by atoms with van der Waals surface area (Å²) >= 11 is 0. The van der Waals surface area contributed by atoms with Crippen LogP contribution < -0.4 is 5.32 Å². The van der Waals surface area contributed by atoms with Crippen molar-refractivity contribution in [3.63, 3.8) is 0 Å². The Morgan fingerprint density at radius 1 is 1.15 bits per heavy atom. The zero-order valence-electron chi connectivity index (χ0n) is 19.4. The summed E-state index contributed by atoms with van der Waals surface area (Å²) in [6.07, 6.45) is 3.26. The molecule has 1 N–H and O–H groups in total. The van der Waals surface area contributed by atoms with Gasteiger partial charge in [0.15, 0.2) is 9.84 Å². The third-order valence-corrected chi connectivity index (χ3v) is 8.27. The molecular formula is C23H34N4O5S. The van der Waals surface area contributed by atoms with Gasteiger partial charge >= 0.3 is 0 Å². The molecule has 0 spiro atoms. The van der Waals surface area contributed by atoms with Crippen molar-refractivity contribution in [1.82, 2.24) is 20.0 Å². The van der Waals surface area contributed by atoms with Gasteiger partial charge in [-0.3, -0.25) is 19.4 Å². The van der Waals surface area contributed by atoms with Crippen LogP contribution in [0.25, 0.3) is 0 Å². The van der Waals surface area contributed by atoms with Crippen LogP contribution in [0.4, 0.5) is 0 Å². The van der Waals surface area contributed by atoms with Gasteiger partial charge in [0.2, 0.25) is 11.8 Å². The van der Waals surface area contributed by atoms with E-state index >= 15 is 0 Å². The maximum Gasteiger partial charge on any atom is 0.239 e. The van der Waals surface area contributed by atoms with Gasteiger partial charge in [0.25, 0.3) is 0 Å². The van der Waals surface area contributed by atoms with Gasteiger partial charge < -0.3 is 15.0 Å². The Hall–Kier alpha value is -2.01. The highest BCUT2D eigenvalue weighted by molar-refractivity contribution is 7.90. The van der Waals surface area contributed by atoms with E-state index in [0.29, 0.717) is 57.1 Å². The smallest absolute Gasteiger partial charge is 0.239 e. The number of carbonyl (C=O) groups excluding carboxylic acids is 2. The standard InChI is InChI=1S/C23H34N4O5S/c1-25-18(5-8-21(28)26-11-13-32-14-12-26)15-24-23(29)22-20(25)9-10-27(22)16-17-3-6-19(7-4-17)33(2,30)31/h3-4,6-7,18,20,22H,5,8-16H2,1-2H3,(H,24,29)/t18-,20-,22-/m0/s1. The average Bonchev–Trinajstić information content (AvgIpc) is 3.17. The highest BCUT2D eigenvalue weighted by Crippen LogP contribution is 2.29. The average molecular weight is 479 g/mol. The van der Waals surface area contributed by atoms with E-state index < -0.39 is 9.84 Å². The summed E-state index contributed by atoms with van der Waals surface area (Å²) in [7, 11) is -1.17. The lowest BCUT2D eigenvalue weighted by molar-refractivity contribution is -0.135. The van der Waals surface area contributed by atoms with Crippen molar-refractivity contribution in [3.05, 3.63) is 29.8 Å². The molecule has 0 aromatic heterocycles. The van der Waals surface area contributed by atoms with Crippen LogP contribution in [0.1, 0.15) is 24.8 Å². The van der Waals surface area contributed by atoms with Crippen LogP contribution in [0.3, 0.4) is 0 Å². The Morgan fingerprint density at radius 2 is 1.85 bits per heavy atom. The first-order valence-electron chi connectivity index (χ1n) is 11.6. The zero-order valence-corrected chi connectivity index (χ0v) is 20.2. The first kappa shape index (κ1) is 24.1. The topological polar surface area (TPSA) is 99.3 Å². The molecule has 9 nitrogen and oxygen atoms in total. The quantitative estimate of drug-likeness (QED) is 0.619. The van der Waals surface area contributed by atoms with Gasteiger partial charge in [-0.05, 0) is 37.6 Å². The van der Waals surface area contributed by atoms with E-state index in [4.69, 9.17) is 4.74 Å². The number of morpholine rings is 1. The number of amides is 2. The van der Waals surface area contributed by atoms with Gasteiger partial charge in [0, 0.05) is 57.5 Å². The molecule has 182 valence electrons. The van der Waals surface area contributed by atoms with E-state index in [1.54, 1.807) is 12.1 Å². The molecular weight excluding hydrogens is 444 g/mol. The Morgan fingerprint density at radius 3 is 2.52 bits per heavy atom. The summed E-state index contributed by atoms with van der Waals surface area (Å²) in [6.45, 7) is 4.42. The minimum absolute atomic E-state index is 0.0270. The summed E-state index contributed by atoms with van der Waals surface area (Å²) in [5.41, 5.74) is 0.982. The fourth-order valence-electron chi connectivity index (χ4n) is 5.16. The van der Waals surface area contributed by atoms with Crippen LogP contribution in [-0.2, 0) is 30.7 Å². The van der Waals surface area contributed by atoms with E-state index in [2.05, 4.69) is 22.2 Å². The molecule has 0 bridgehead atoms. The molecule has 3 atom stereocenters. The highest BCUT2D eigenvalue weighted by Gasteiger charge is 2.45. The SMILES string of the molecule is CN1[C@@H](CCC(=O)N2CCOCC2)CNC(=O)[C@@H]2[C@@H]1CCN2Cc1ccc(S(C)(=O)=O)cc1. The number of fused-ring (bicyclic) bond motifs is 1. The highest BCUT2D eigenvalue weighted by atomic mass is 32.2. The number of nitrogens with one attached hydrogen (secondary N) is 1. The van der Waals surface area contributed by atoms with Crippen molar-refractivity contribution >= 4 is 21.7 Å². The van der Waals surface area contributed by atoms with Crippen LogP contribution in [0.2, 0.25) is 0 Å². The Labute approximate surface area is 196 Å². The molecule has 33 heavy (non-hydrogen) atoms. The predicted molar refractivity (Wildman–Crippen MR) is 123 cm³/mol. The lowest BCUT2D eigenvalue weighted by atomic mass is 10.0. The molecule has 2 amide bonds. The number of hydrogen-bond donors (Lipinski definition) is 1. The first-order valence-corrected chi connectivity index (χ1v) is 13.5. The molecule has 3 fully saturated rings. The van der Waals surface area contributed by atoms with Crippen molar-refractivity contribution in [2.45, 2.75) is 48.8 Å². The zero-order chi connectivity index (χ0) is 23.6. The van der Waals surface area contributed by atoms with Gasteiger partial charge in [-0.1, -0.05) is 12.1 Å². The number of likely N-dealkylation sites (tertiary alicyclic amines) is 1. The first-order chi connectivity index (χ1) is 15.7. The van der Waals surface area contributed by atoms with Crippen molar-refractivity contribution in [2.75, 3.05) is 52.7 Å². The lowest BCUT2D eigenvalue weighted by Crippen LogP contribution is -2.49. The minimum atomic E-state index is -3.23. The maximum absolute atomic E-state index is 13.0. The van der Waals surface area contributed by atoms with E-state index in [1.165, 1.54) is 6.26 Å². The van der Waals surface area contributed by atoms with E-state index in [1.807, 2.05) is 17.0 Å². The third kappa shape index (κ3) is 5.56. The number of likely N-dealkylation sites (N-methyl/N-ethyl adjacent to an activating group) is 1. The Bertz CT molecular complexity index is 962. The van der Waals surface area contributed by atoms with Gasteiger partial charge in [-0.25, -0.2) is 8.42 Å². The number of rotatable bonds is 6. The van der Waals surface area contributed by atoms with Crippen molar-refractivity contribution in [1.29, 1.82) is 0 Å². The fraction of sp³-hybridized carbons (Fsp3) is 0.652. The second-order valence-corrected chi connectivity index (χ2v) is 11.3. The molecule has 3 heterocycles. The summed E-state index contributed by atoms with van der Waals surface area (Å²) in [6, 6.07) is 6.83. The Kier molecular flexibility index (Phi) is 7.37. The number of ether oxygens (including phenoxy) is 1. The second-order valence-electron chi connectivity index (χ2n) is 9.28. The van der Waals surface area contributed by atoms with Gasteiger partial charge in [0.1, 0.15) is 6.04 Å². The largest absolute Gasteiger partial charge is 0.378 e. The minimum Gasteiger partial charge on any atom is -0.378 e. The molecule has 0 saturated carbocycles. The van der Waals surface area contributed by atoms with Crippen LogP contribution in [0.5, 0.6) is 0 Å². The van der Waals surface area contributed by atoms with Crippen molar-refractivity contribution < 1.29 is 22.7 Å². The summed E-state index contributed by atoms with van der Waals surface area (Å²) < 4.78 is 28.8. The van der Waals surface area contributed by atoms with Crippen molar-refractivity contribution in [2.24, 2.45) is 0 Å². The summed E-state index contributed by atoms with van der Waals surface area (Å²) in [4.78, 5) is 32.2. The van der Waals surface area contributed by atoms with E-state index in [9.17, 15) is 18.0 Å². The normalized spacial score (nSPS) is 27.2. The summed E-state index contributed by atoms with van der Waals surface area (Å²) in [5.74, 6) is 0.184. The number of carbonyl (C=O) groups is 2. The van der Waals surface area contributed by atoms with Gasteiger partial charge in [-0.15, -0.1) is 0 Å². The number of benzene rings is 1. The molecule has 0 unspecified atom stereocenters. The molecule has 10 heteroatoms. The van der Waals surface area contributed by atoms with Crippen LogP contribution in [-0.4, -0.2) is 106 Å². The molecule has 3 aliphatic heterocycles. The van der Waals surface area contributed by atoms with Crippen LogP contribution in [0.15, 0.2) is 29.2 Å². The fourth-order valence-corrected chi connectivity index (χ4v) is 5.79. The monoisotopic (exact) mass is 478 g/mol. The number of sulfone groups is 1. The lowest BCUT2D eigenvalue weighted by Gasteiger charge is -2.33. The van der Waals surface area contributed by atoms with Crippen LogP contribution in [0, 0.1) is 0 Å². The molecule has 3 aliphatic rings. The predicted octanol–water partition coefficient (Wildman–Crippen LogP) is 0.102. The van der Waals surface area contributed by atoms with E-state index in [0.717, 1.165) is 18.5 Å². The number of hydrogen-bond acceptors (Lipinski definition) is 7. The molecule has 1 aromatic carbocycles. The third-order valence-electron chi connectivity index (χ3n) is 7.14. The molecule has 1 aromatic rings. The maximum atomic E-state index is 13.0. The molecule has 4 rings (SSSR count). The Balaban J connectivity index is 1.38. The summed E-state index contributed by atoms with van der Waals surface area (Å²) in [5, 5.41) is 3.10. The van der Waals surface area contributed by atoms with Gasteiger partial charge in [0.05, 0.1) is 18.1 Å². The van der Waals surface area contributed by atoms with Gasteiger partial charge in [-0.2, -0.15) is 0 Å². The van der Waals surface area contributed by atoms with Crippen LogP contribution >= 0.6 is 0 Å².